The first kappa shape index (κ1) is 14.8. The lowest BCUT2D eigenvalue weighted by atomic mass is 10.2. The van der Waals surface area contributed by atoms with E-state index >= 15 is 0 Å². The second-order valence-corrected chi connectivity index (χ2v) is 4.80. The maximum Gasteiger partial charge on any atom is 0.171 e. The fourth-order valence-electron chi connectivity index (χ4n) is 1.82. The van der Waals surface area contributed by atoms with Crippen LogP contribution in [0.3, 0.4) is 0 Å². The summed E-state index contributed by atoms with van der Waals surface area (Å²) >= 11 is 0. The van der Waals surface area contributed by atoms with Crippen LogP contribution in [0, 0.1) is 5.92 Å². The van der Waals surface area contributed by atoms with Crippen LogP contribution >= 0.6 is 0 Å². The van der Waals surface area contributed by atoms with Crippen molar-refractivity contribution in [3.05, 3.63) is 18.3 Å². The Balaban J connectivity index is 2.87. The Bertz CT molecular complexity index is 342. The Labute approximate surface area is 110 Å². The average molecular weight is 251 g/mol. The van der Waals surface area contributed by atoms with Crippen molar-refractivity contribution in [1.82, 2.24) is 4.98 Å². The molecular formula is C14H25N3O. The van der Waals surface area contributed by atoms with Gasteiger partial charge in [0.15, 0.2) is 11.6 Å². The molecule has 1 heterocycles. The van der Waals surface area contributed by atoms with Gasteiger partial charge in [0, 0.05) is 25.8 Å². The number of nitrogens with zero attached hydrogens (tertiary/aromatic N) is 2. The van der Waals surface area contributed by atoms with Gasteiger partial charge in [-0.3, -0.25) is 0 Å². The third-order valence-electron chi connectivity index (χ3n) is 2.50. The number of ether oxygens (including phenoxy) is 1. The van der Waals surface area contributed by atoms with E-state index in [0.717, 1.165) is 37.7 Å². The van der Waals surface area contributed by atoms with Crippen molar-refractivity contribution in [1.29, 1.82) is 0 Å². The van der Waals surface area contributed by atoms with Crippen molar-refractivity contribution in [3.63, 3.8) is 0 Å². The molecule has 0 bridgehead atoms. The predicted octanol–water partition coefficient (Wildman–Crippen LogP) is 2.29. The summed E-state index contributed by atoms with van der Waals surface area (Å²) in [6.45, 7) is 9.57. The fraction of sp³-hybridized carbons (Fsp3) is 0.643. The SMILES string of the molecule is CCCOc1cccnc1N(CCN)CC(C)C. The number of nitrogens with two attached hydrogens (primary N) is 1. The lowest BCUT2D eigenvalue weighted by Gasteiger charge is -2.26. The Hall–Kier alpha value is -1.29. The van der Waals surface area contributed by atoms with Crippen molar-refractivity contribution in [2.24, 2.45) is 11.7 Å². The molecular weight excluding hydrogens is 226 g/mol. The van der Waals surface area contributed by atoms with Crippen LogP contribution in [0.2, 0.25) is 0 Å². The van der Waals surface area contributed by atoms with Crippen LogP contribution in [0.5, 0.6) is 5.75 Å². The highest BCUT2D eigenvalue weighted by Crippen LogP contribution is 2.25. The summed E-state index contributed by atoms with van der Waals surface area (Å²) in [7, 11) is 0. The highest BCUT2D eigenvalue weighted by molar-refractivity contribution is 5.52. The maximum absolute atomic E-state index is 5.75. The van der Waals surface area contributed by atoms with Crippen molar-refractivity contribution in [3.8, 4) is 5.75 Å². The Kier molecular flexibility index (Phi) is 6.50. The first-order valence-electron chi connectivity index (χ1n) is 6.71. The zero-order chi connectivity index (χ0) is 13.4. The van der Waals surface area contributed by atoms with Gasteiger partial charge in [-0.25, -0.2) is 4.98 Å². The number of rotatable bonds is 8. The van der Waals surface area contributed by atoms with E-state index in [2.05, 4.69) is 30.7 Å². The third-order valence-corrected chi connectivity index (χ3v) is 2.50. The molecule has 0 fully saturated rings. The van der Waals surface area contributed by atoms with E-state index in [0.29, 0.717) is 12.5 Å². The predicted molar refractivity (Wildman–Crippen MR) is 76.1 cm³/mol. The first-order chi connectivity index (χ1) is 8.69. The Morgan fingerprint density at radius 2 is 2.22 bits per heavy atom. The summed E-state index contributed by atoms with van der Waals surface area (Å²) < 4.78 is 5.75. The Morgan fingerprint density at radius 3 is 2.83 bits per heavy atom. The molecule has 4 nitrogen and oxygen atoms in total. The molecule has 1 aromatic heterocycles. The van der Waals surface area contributed by atoms with Gasteiger partial charge in [-0.2, -0.15) is 0 Å². The van der Waals surface area contributed by atoms with Gasteiger partial charge in [0.25, 0.3) is 0 Å². The van der Waals surface area contributed by atoms with Gasteiger partial charge in [-0.1, -0.05) is 20.8 Å². The standard InChI is InChI=1S/C14H25N3O/c1-4-10-18-13-6-5-8-16-14(13)17(9-7-15)11-12(2)3/h5-6,8,12H,4,7,9-11,15H2,1-3H3. The van der Waals surface area contributed by atoms with Crippen LogP contribution in [0.4, 0.5) is 5.82 Å². The number of hydrogen-bond acceptors (Lipinski definition) is 4. The number of anilines is 1. The molecule has 0 unspecified atom stereocenters. The van der Waals surface area contributed by atoms with Gasteiger partial charge in [0.1, 0.15) is 0 Å². The van der Waals surface area contributed by atoms with E-state index in [9.17, 15) is 0 Å². The van der Waals surface area contributed by atoms with E-state index < -0.39 is 0 Å². The number of hydrogen-bond donors (Lipinski definition) is 1. The van der Waals surface area contributed by atoms with Crippen molar-refractivity contribution in [2.45, 2.75) is 27.2 Å². The third kappa shape index (κ3) is 4.53. The number of aromatic nitrogens is 1. The summed E-state index contributed by atoms with van der Waals surface area (Å²) in [6, 6.07) is 3.88. The first-order valence-corrected chi connectivity index (χ1v) is 6.71. The molecule has 0 radical (unpaired) electrons. The van der Waals surface area contributed by atoms with Gasteiger partial charge in [-0.05, 0) is 24.5 Å². The highest BCUT2D eigenvalue weighted by Gasteiger charge is 2.14. The van der Waals surface area contributed by atoms with E-state index in [-0.39, 0.29) is 0 Å². The highest BCUT2D eigenvalue weighted by atomic mass is 16.5. The summed E-state index contributed by atoms with van der Waals surface area (Å²) in [5, 5.41) is 0. The van der Waals surface area contributed by atoms with Gasteiger partial charge in [0.05, 0.1) is 6.61 Å². The molecule has 18 heavy (non-hydrogen) atoms. The monoisotopic (exact) mass is 251 g/mol. The van der Waals surface area contributed by atoms with Gasteiger partial charge >= 0.3 is 0 Å². The van der Waals surface area contributed by atoms with E-state index in [4.69, 9.17) is 10.5 Å². The van der Waals surface area contributed by atoms with Gasteiger partial charge in [-0.15, -0.1) is 0 Å². The Morgan fingerprint density at radius 1 is 1.44 bits per heavy atom. The van der Waals surface area contributed by atoms with Crippen LogP contribution in [0.25, 0.3) is 0 Å². The minimum Gasteiger partial charge on any atom is -0.490 e. The second kappa shape index (κ2) is 7.93. The molecule has 0 amide bonds. The zero-order valence-electron chi connectivity index (χ0n) is 11.7. The molecule has 0 saturated heterocycles. The van der Waals surface area contributed by atoms with Gasteiger partial charge in [0.2, 0.25) is 0 Å². The van der Waals surface area contributed by atoms with Crippen LogP contribution in [-0.2, 0) is 0 Å². The van der Waals surface area contributed by atoms with Crippen LogP contribution < -0.4 is 15.4 Å². The fourth-order valence-corrected chi connectivity index (χ4v) is 1.82. The van der Waals surface area contributed by atoms with Crippen LogP contribution in [-0.4, -0.2) is 31.2 Å². The van der Waals surface area contributed by atoms with E-state index in [1.54, 1.807) is 6.20 Å². The normalized spacial score (nSPS) is 10.7. The molecule has 0 aromatic carbocycles. The smallest absolute Gasteiger partial charge is 0.171 e. The molecule has 1 aromatic rings. The van der Waals surface area contributed by atoms with Crippen LogP contribution in [0.1, 0.15) is 27.2 Å². The number of pyridine rings is 1. The molecule has 0 aliphatic carbocycles. The molecule has 0 aliphatic heterocycles. The molecule has 0 aliphatic rings. The topological polar surface area (TPSA) is 51.4 Å². The largest absolute Gasteiger partial charge is 0.490 e. The van der Waals surface area contributed by atoms with Gasteiger partial charge < -0.3 is 15.4 Å². The molecule has 1 rings (SSSR count). The molecule has 0 saturated carbocycles. The lowest BCUT2D eigenvalue weighted by Crippen LogP contribution is -2.33. The summed E-state index contributed by atoms with van der Waals surface area (Å²) in [5.41, 5.74) is 5.68. The quantitative estimate of drug-likeness (QED) is 0.770. The van der Waals surface area contributed by atoms with Crippen molar-refractivity contribution >= 4 is 5.82 Å². The van der Waals surface area contributed by atoms with E-state index in [1.807, 2.05) is 12.1 Å². The maximum atomic E-state index is 5.75. The molecule has 102 valence electrons. The van der Waals surface area contributed by atoms with Crippen molar-refractivity contribution < 1.29 is 4.74 Å². The average Bonchev–Trinajstić information content (AvgIpc) is 2.36. The minimum absolute atomic E-state index is 0.567. The summed E-state index contributed by atoms with van der Waals surface area (Å²) in [5.74, 6) is 2.33. The second-order valence-electron chi connectivity index (χ2n) is 4.80. The zero-order valence-corrected chi connectivity index (χ0v) is 11.7. The molecule has 0 spiro atoms. The minimum atomic E-state index is 0.567. The molecule has 2 N–H and O–H groups in total. The van der Waals surface area contributed by atoms with Crippen LogP contribution in [0.15, 0.2) is 18.3 Å². The van der Waals surface area contributed by atoms with E-state index in [1.165, 1.54) is 0 Å². The molecule has 0 atom stereocenters. The molecule has 4 heteroatoms. The summed E-state index contributed by atoms with van der Waals surface area (Å²) in [4.78, 5) is 6.65. The van der Waals surface area contributed by atoms with Crippen molar-refractivity contribution in [2.75, 3.05) is 31.1 Å². The lowest BCUT2D eigenvalue weighted by molar-refractivity contribution is 0.316. The summed E-state index contributed by atoms with van der Waals surface area (Å²) in [6.07, 6.45) is 2.80.